The summed E-state index contributed by atoms with van der Waals surface area (Å²) in [5.74, 6) is -0.461. The molecule has 0 aliphatic carbocycles. The highest BCUT2D eigenvalue weighted by Gasteiger charge is 2.24. The number of sulfonamides is 1. The minimum atomic E-state index is -3.72. The van der Waals surface area contributed by atoms with Gasteiger partial charge in [-0.15, -0.1) is 11.8 Å². The predicted octanol–water partition coefficient (Wildman–Crippen LogP) is 3.72. The van der Waals surface area contributed by atoms with Crippen LogP contribution in [0.3, 0.4) is 0 Å². The Hall–Kier alpha value is -1.99. The summed E-state index contributed by atoms with van der Waals surface area (Å²) in [5.41, 5.74) is 1.37. The number of ether oxygens (including phenoxy) is 1. The number of nitrogens with zero attached hydrogens (tertiary/aromatic N) is 1. The van der Waals surface area contributed by atoms with Crippen LogP contribution in [-0.4, -0.2) is 34.3 Å². The van der Waals surface area contributed by atoms with Gasteiger partial charge >= 0.3 is 5.97 Å². The van der Waals surface area contributed by atoms with Gasteiger partial charge in [-0.25, -0.2) is 13.2 Å². The maximum Gasteiger partial charge on any atom is 0.338 e. The first-order valence-electron chi connectivity index (χ1n) is 7.72. The molecule has 5 nitrogen and oxygen atoms in total. The van der Waals surface area contributed by atoms with Crippen molar-refractivity contribution in [3.63, 3.8) is 0 Å². The third-order valence-corrected chi connectivity index (χ3v) is 6.39. The van der Waals surface area contributed by atoms with Gasteiger partial charge in [-0.1, -0.05) is 6.07 Å². The number of carbonyl (C=O) groups excluding carboxylic acids is 1. The maximum atomic E-state index is 12.9. The predicted molar refractivity (Wildman–Crippen MR) is 101 cm³/mol. The van der Waals surface area contributed by atoms with Gasteiger partial charge < -0.3 is 4.74 Å². The van der Waals surface area contributed by atoms with Crippen molar-refractivity contribution >= 4 is 33.4 Å². The molecule has 0 aliphatic rings. The molecule has 0 spiro atoms. The highest BCUT2D eigenvalue weighted by atomic mass is 32.2. The van der Waals surface area contributed by atoms with Gasteiger partial charge in [0.05, 0.1) is 22.8 Å². The summed E-state index contributed by atoms with van der Waals surface area (Å²) >= 11 is 1.55. The molecule has 0 N–H and O–H groups in total. The van der Waals surface area contributed by atoms with E-state index in [4.69, 9.17) is 4.74 Å². The van der Waals surface area contributed by atoms with Crippen LogP contribution in [0, 0.1) is 6.92 Å². The molecule has 0 saturated carbocycles. The average molecular weight is 380 g/mol. The molecule has 0 atom stereocenters. The molecule has 0 fully saturated rings. The van der Waals surface area contributed by atoms with E-state index < -0.39 is 16.0 Å². The Morgan fingerprint density at radius 2 is 1.80 bits per heavy atom. The van der Waals surface area contributed by atoms with Crippen LogP contribution in [0.1, 0.15) is 22.8 Å². The molecule has 7 heteroatoms. The molecular formula is C18H21NO4S2. The summed E-state index contributed by atoms with van der Waals surface area (Å²) in [7, 11) is -2.24. The smallest absolute Gasteiger partial charge is 0.338 e. The first-order valence-corrected chi connectivity index (χ1v) is 10.4. The Labute approximate surface area is 153 Å². The standard InChI is InChI=1S/C18H21NO4S2/c1-5-23-18(20)16-7-6-8-17(13(16)2)19(3)25(21,22)15-11-9-14(24-4)10-12-15/h6-12H,5H2,1-4H3. The Balaban J connectivity index is 2.43. The number of esters is 1. The monoisotopic (exact) mass is 379 g/mol. The lowest BCUT2D eigenvalue weighted by molar-refractivity contribution is 0.0525. The number of benzene rings is 2. The number of hydrogen-bond donors (Lipinski definition) is 0. The van der Waals surface area contributed by atoms with Crippen molar-refractivity contribution in [1.82, 2.24) is 0 Å². The second-order valence-corrected chi connectivity index (χ2v) is 8.17. The number of rotatable bonds is 6. The molecule has 25 heavy (non-hydrogen) atoms. The second-order valence-electron chi connectivity index (χ2n) is 5.32. The van der Waals surface area contributed by atoms with Crippen LogP contribution < -0.4 is 4.31 Å². The highest BCUT2D eigenvalue weighted by molar-refractivity contribution is 7.98. The Bertz CT molecular complexity index is 861. The van der Waals surface area contributed by atoms with Gasteiger partial charge in [-0.3, -0.25) is 4.31 Å². The maximum absolute atomic E-state index is 12.9. The molecule has 2 rings (SSSR count). The van der Waals surface area contributed by atoms with Crippen molar-refractivity contribution < 1.29 is 17.9 Å². The van der Waals surface area contributed by atoms with Crippen LogP contribution in [0.5, 0.6) is 0 Å². The molecule has 0 aromatic heterocycles. The van der Waals surface area contributed by atoms with Crippen LogP contribution in [0.15, 0.2) is 52.3 Å². The number of anilines is 1. The van der Waals surface area contributed by atoms with Gasteiger partial charge in [0.1, 0.15) is 0 Å². The number of carbonyl (C=O) groups is 1. The van der Waals surface area contributed by atoms with Crippen LogP contribution in [0.25, 0.3) is 0 Å². The molecule has 0 saturated heterocycles. The Morgan fingerprint density at radius 3 is 2.36 bits per heavy atom. The van der Waals surface area contributed by atoms with E-state index in [0.29, 0.717) is 16.8 Å². The summed E-state index contributed by atoms with van der Waals surface area (Å²) in [6, 6.07) is 11.7. The van der Waals surface area contributed by atoms with Crippen molar-refractivity contribution in [2.45, 2.75) is 23.6 Å². The molecule has 2 aromatic rings. The zero-order valence-corrected chi connectivity index (χ0v) is 16.3. The third kappa shape index (κ3) is 3.99. The summed E-state index contributed by atoms with van der Waals surface area (Å²) in [6.45, 7) is 3.70. The molecule has 0 heterocycles. The third-order valence-electron chi connectivity index (χ3n) is 3.86. The molecule has 0 unspecified atom stereocenters. The lowest BCUT2D eigenvalue weighted by atomic mass is 10.1. The van der Waals surface area contributed by atoms with E-state index >= 15 is 0 Å². The van der Waals surface area contributed by atoms with Crippen LogP contribution in [0.2, 0.25) is 0 Å². The van der Waals surface area contributed by atoms with E-state index in [-0.39, 0.29) is 11.5 Å². The van der Waals surface area contributed by atoms with E-state index in [9.17, 15) is 13.2 Å². The average Bonchev–Trinajstić information content (AvgIpc) is 2.61. The van der Waals surface area contributed by atoms with E-state index in [1.165, 1.54) is 11.4 Å². The van der Waals surface area contributed by atoms with Gasteiger partial charge in [0.15, 0.2) is 0 Å². The summed E-state index contributed by atoms with van der Waals surface area (Å²) < 4.78 is 32.0. The van der Waals surface area contributed by atoms with E-state index in [1.807, 2.05) is 6.26 Å². The highest BCUT2D eigenvalue weighted by Crippen LogP contribution is 2.28. The molecule has 134 valence electrons. The molecule has 2 aromatic carbocycles. The quantitative estimate of drug-likeness (QED) is 0.565. The van der Waals surface area contributed by atoms with Gasteiger partial charge in [0.2, 0.25) is 0 Å². The Morgan fingerprint density at radius 1 is 1.16 bits per heavy atom. The van der Waals surface area contributed by atoms with Gasteiger partial charge in [-0.05, 0) is 62.1 Å². The Kier molecular flexibility index (Phi) is 6.13. The molecule has 0 radical (unpaired) electrons. The van der Waals surface area contributed by atoms with Crippen LogP contribution in [-0.2, 0) is 14.8 Å². The second kappa shape index (κ2) is 7.93. The zero-order valence-electron chi connectivity index (χ0n) is 14.6. The normalized spacial score (nSPS) is 11.2. The zero-order chi connectivity index (χ0) is 18.6. The van der Waals surface area contributed by atoms with Crippen molar-refractivity contribution in [2.24, 2.45) is 0 Å². The van der Waals surface area contributed by atoms with E-state index in [1.54, 1.807) is 68.1 Å². The summed E-state index contributed by atoms with van der Waals surface area (Å²) in [6.07, 6.45) is 1.93. The molecular weight excluding hydrogens is 358 g/mol. The van der Waals surface area contributed by atoms with Gasteiger partial charge in [0, 0.05) is 11.9 Å². The summed E-state index contributed by atoms with van der Waals surface area (Å²) in [5, 5.41) is 0. The van der Waals surface area contributed by atoms with Crippen molar-refractivity contribution in [3.8, 4) is 0 Å². The fraction of sp³-hybridized carbons (Fsp3) is 0.278. The molecule has 0 bridgehead atoms. The SMILES string of the molecule is CCOC(=O)c1cccc(N(C)S(=O)(=O)c2ccc(SC)cc2)c1C. The summed E-state index contributed by atoms with van der Waals surface area (Å²) in [4.78, 5) is 13.2. The number of hydrogen-bond acceptors (Lipinski definition) is 5. The lowest BCUT2D eigenvalue weighted by Crippen LogP contribution is -2.27. The van der Waals surface area contributed by atoms with Crippen LogP contribution >= 0.6 is 11.8 Å². The molecule has 0 aliphatic heterocycles. The molecule has 0 amide bonds. The van der Waals surface area contributed by atoms with Gasteiger partial charge in [0.25, 0.3) is 10.0 Å². The van der Waals surface area contributed by atoms with Crippen LogP contribution in [0.4, 0.5) is 5.69 Å². The minimum absolute atomic E-state index is 0.203. The first kappa shape index (κ1) is 19.3. The van der Waals surface area contributed by atoms with Crippen molar-refractivity contribution in [1.29, 1.82) is 0 Å². The fourth-order valence-electron chi connectivity index (χ4n) is 2.43. The number of thioether (sulfide) groups is 1. The van der Waals surface area contributed by atoms with Crippen molar-refractivity contribution in [2.75, 3.05) is 24.2 Å². The van der Waals surface area contributed by atoms with E-state index in [0.717, 1.165) is 4.90 Å². The largest absolute Gasteiger partial charge is 0.462 e. The van der Waals surface area contributed by atoms with Crippen molar-refractivity contribution in [3.05, 3.63) is 53.6 Å². The lowest BCUT2D eigenvalue weighted by Gasteiger charge is -2.22. The van der Waals surface area contributed by atoms with Gasteiger partial charge in [-0.2, -0.15) is 0 Å². The first-order chi connectivity index (χ1) is 11.8. The van der Waals surface area contributed by atoms with E-state index in [2.05, 4.69) is 0 Å². The topological polar surface area (TPSA) is 63.7 Å². The fourth-order valence-corrected chi connectivity index (χ4v) is 4.09. The minimum Gasteiger partial charge on any atom is -0.462 e.